The minimum Gasteiger partial charge on any atom is -0.329 e. The van der Waals surface area contributed by atoms with Crippen LogP contribution in [0.15, 0.2) is 18.2 Å². The van der Waals surface area contributed by atoms with E-state index in [-0.39, 0.29) is 5.82 Å². The summed E-state index contributed by atoms with van der Waals surface area (Å²) in [5, 5.41) is 11.3. The normalized spacial score (nSPS) is 10.7. The van der Waals surface area contributed by atoms with E-state index in [1.807, 2.05) is 6.92 Å². The number of aromatic nitrogens is 4. The molecule has 0 amide bonds. The van der Waals surface area contributed by atoms with Crippen LogP contribution in [0.5, 0.6) is 0 Å². The summed E-state index contributed by atoms with van der Waals surface area (Å²) in [6.45, 7) is 2.82. The van der Waals surface area contributed by atoms with Gasteiger partial charge in [-0.05, 0) is 41.1 Å². The van der Waals surface area contributed by atoms with Gasteiger partial charge in [-0.2, -0.15) is 0 Å². The predicted octanol–water partition coefficient (Wildman–Crippen LogP) is 0.746. The molecule has 0 atom stereocenters. The molecule has 0 aliphatic heterocycles. The van der Waals surface area contributed by atoms with Crippen LogP contribution in [-0.2, 0) is 6.54 Å². The summed E-state index contributed by atoms with van der Waals surface area (Å²) in [7, 11) is 0. The summed E-state index contributed by atoms with van der Waals surface area (Å²) in [6, 6.07) is 4.52. The number of halogens is 1. The highest BCUT2D eigenvalue weighted by atomic mass is 19.1. The number of nitrogens with zero attached hydrogens (tertiary/aromatic N) is 4. The zero-order valence-electron chi connectivity index (χ0n) is 8.89. The van der Waals surface area contributed by atoms with E-state index < -0.39 is 0 Å². The van der Waals surface area contributed by atoms with Crippen molar-refractivity contribution < 1.29 is 4.39 Å². The van der Waals surface area contributed by atoms with E-state index in [2.05, 4.69) is 15.5 Å². The molecule has 2 rings (SSSR count). The van der Waals surface area contributed by atoms with Gasteiger partial charge in [0.05, 0.1) is 6.54 Å². The molecule has 0 unspecified atom stereocenters. The van der Waals surface area contributed by atoms with Crippen molar-refractivity contribution in [2.45, 2.75) is 13.5 Å². The van der Waals surface area contributed by atoms with Crippen LogP contribution < -0.4 is 5.73 Å². The van der Waals surface area contributed by atoms with Gasteiger partial charge in [-0.15, -0.1) is 5.10 Å². The van der Waals surface area contributed by atoms with Crippen molar-refractivity contribution in [3.8, 4) is 11.4 Å². The Bertz CT molecular complexity index is 494. The predicted molar refractivity (Wildman–Crippen MR) is 57.0 cm³/mol. The lowest BCUT2D eigenvalue weighted by Crippen LogP contribution is -2.12. The van der Waals surface area contributed by atoms with Gasteiger partial charge in [0.2, 0.25) is 0 Å². The topological polar surface area (TPSA) is 69.6 Å². The third kappa shape index (κ3) is 1.92. The molecule has 0 aliphatic rings. The van der Waals surface area contributed by atoms with E-state index in [0.717, 1.165) is 11.1 Å². The molecule has 1 aromatic carbocycles. The van der Waals surface area contributed by atoms with E-state index in [1.54, 1.807) is 10.7 Å². The van der Waals surface area contributed by atoms with Crippen molar-refractivity contribution in [3.05, 3.63) is 29.6 Å². The highest BCUT2D eigenvalue weighted by Crippen LogP contribution is 2.20. The second kappa shape index (κ2) is 4.36. The van der Waals surface area contributed by atoms with Crippen LogP contribution in [-0.4, -0.2) is 26.8 Å². The van der Waals surface area contributed by atoms with Crippen LogP contribution in [0.3, 0.4) is 0 Å². The molecule has 0 saturated heterocycles. The highest BCUT2D eigenvalue weighted by molar-refractivity contribution is 5.59. The first-order chi connectivity index (χ1) is 7.72. The third-order valence-electron chi connectivity index (χ3n) is 2.30. The largest absolute Gasteiger partial charge is 0.329 e. The first-order valence-corrected chi connectivity index (χ1v) is 4.95. The van der Waals surface area contributed by atoms with Gasteiger partial charge in [-0.25, -0.2) is 9.07 Å². The van der Waals surface area contributed by atoms with Gasteiger partial charge in [-0.1, -0.05) is 0 Å². The van der Waals surface area contributed by atoms with E-state index in [9.17, 15) is 4.39 Å². The Morgan fingerprint density at radius 3 is 2.94 bits per heavy atom. The second-order valence-corrected chi connectivity index (χ2v) is 3.47. The lowest BCUT2D eigenvalue weighted by molar-refractivity contribution is 0.602. The minimum absolute atomic E-state index is 0.265. The molecule has 0 radical (unpaired) electrons. The molecular weight excluding hydrogens is 209 g/mol. The lowest BCUT2D eigenvalue weighted by atomic mass is 10.1. The number of tetrazole rings is 1. The Morgan fingerprint density at radius 1 is 1.44 bits per heavy atom. The molecule has 16 heavy (non-hydrogen) atoms. The van der Waals surface area contributed by atoms with E-state index in [4.69, 9.17) is 5.73 Å². The van der Waals surface area contributed by atoms with Crippen LogP contribution in [0, 0.1) is 12.7 Å². The summed E-state index contributed by atoms with van der Waals surface area (Å²) < 4.78 is 14.6. The second-order valence-electron chi connectivity index (χ2n) is 3.47. The smallest absolute Gasteiger partial charge is 0.182 e. The van der Waals surface area contributed by atoms with Gasteiger partial charge in [-0.3, -0.25) is 0 Å². The maximum atomic E-state index is 13.0. The number of benzene rings is 1. The Morgan fingerprint density at radius 2 is 2.25 bits per heavy atom. The molecule has 0 fully saturated rings. The molecule has 5 nitrogen and oxygen atoms in total. The molecular formula is C10H12FN5. The molecule has 84 valence electrons. The maximum Gasteiger partial charge on any atom is 0.182 e. The average molecular weight is 221 g/mol. The van der Waals surface area contributed by atoms with E-state index in [0.29, 0.717) is 18.9 Å². The van der Waals surface area contributed by atoms with Crippen molar-refractivity contribution in [3.63, 3.8) is 0 Å². The first-order valence-electron chi connectivity index (χ1n) is 4.95. The van der Waals surface area contributed by atoms with Crippen LogP contribution >= 0.6 is 0 Å². The fraction of sp³-hybridized carbons (Fsp3) is 0.300. The van der Waals surface area contributed by atoms with Gasteiger partial charge in [0.15, 0.2) is 5.82 Å². The van der Waals surface area contributed by atoms with Crippen molar-refractivity contribution in [2.24, 2.45) is 5.73 Å². The molecule has 0 bridgehead atoms. The Kier molecular flexibility index (Phi) is 2.91. The zero-order valence-corrected chi connectivity index (χ0v) is 8.89. The van der Waals surface area contributed by atoms with Crippen LogP contribution in [0.2, 0.25) is 0 Å². The van der Waals surface area contributed by atoms with Gasteiger partial charge in [0.1, 0.15) is 5.82 Å². The molecule has 0 aliphatic carbocycles. The summed E-state index contributed by atoms with van der Waals surface area (Å²) in [6.07, 6.45) is 0. The standard InChI is InChI=1S/C10H12FN5/c1-7-6-8(11)2-3-9(7)10-13-14-15-16(10)5-4-12/h2-3,6H,4-5,12H2,1H3. The van der Waals surface area contributed by atoms with E-state index in [1.165, 1.54) is 12.1 Å². The van der Waals surface area contributed by atoms with Gasteiger partial charge in [0.25, 0.3) is 0 Å². The number of hydrogen-bond donors (Lipinski definition) is 1. The molecule has 0 saturated carbocycles. The van der Waals surface area contributed by atoms with Crippen molar-refractivity contribution >= 4 is 0 Å². The number of rotatable bonds is 3. The molecule has 2 aromatic rings. The monoisotopic (exact) mass is 221 g/mol. The summed E-state index contributed by atoms with van der Waals surface area (Å²) in [4.78, 5) is 0. The van der Waals surface area contributed by atoms with E-state index >= 15 is 0 Å². The number of hydrogen-bond acceptors (Lipinski definition) is 4. The van der Waals surface area contributed by atoms with Gasteiger partial charge >= 0.3 is 0 Å². The summed E-state index contributed by atoms with van der Waals surface area (Å²) >= 11 is 0. The fourth-order valence-electron chi connectivity index (χ4n) is 1.55. The third-order valence-corrected chi connectivity index (χ3v) is 2.30. The van der Waals surface area contributed by atoms with Crippen molar-refractivity contribution in [1.82, 2.24) is 20.2 Å². The number of aryl methyl sites for hydroxylation is 1. The van der Waals surface area contributed by atoms with Crippen molar-refractivity contribution in [2.75, 3.05) is 6.54 Å². The number of nitrogens with two attached hydrogens (primary N) is 1. The summed E-state index contributed by atoms with van der Waals surface area (Å²) in [5.41, 5.74) is 7.07. The van der Waals surface area contributed by atoms with Crippen LogP contribution in [0.4, 0.5) is 4.39 Å². The Balaban J connectivity index is 2.46. The summed E-state index contributed by atoms with van der Waals surface area (Å²) in [5.74, 6) is 0.349. The average Bonchev–Trinajstić information content (AvgIpc) is 2.67. The molecule has 1 aromatic heterocycles. The molecule has 0 spiro atoms. The Hall–Kier alpha value is -1.82. The minimum atomic E-state index is -0.265. The Labute approximate surface area is 92.1 Å². The molecule has 6 heteroatoms. The van der Waals surface area contributed by atoms with Gasteiger partial charge < -0.3 is 5.73 Å². The SMILES string of the molecule is Cc1cc(F)ccc1-c1nnnn1CCN. The van der Waals surface area contributed by atoms with Crippen LogP contribution in [0.25, 0.3) is 11.4 Å². The van der Waals surface area contributed by atoms with Gasteiger partial charge in [0, 0.05) is 12.1 Å². The molecule has 2 N–H and O–H groups in total. The highest BCUT2D eigenvalue weighted by Gasteiger charge is 2.10. The zero-order chi connectivity index (χ0) is 11.5. The maximum absolute atomic E-state index is 13.0. The lowest BCUT2D eigenvalue weighted by Gasteiger charge is -2.05. The molecule has 1 heterocycles. The fourth-order valence-corrected chi connectivity index (χ4v) is 1.55. The van der Waals surface area contributed by atoms with Crippen molar-refractivity contribution in [1.29, 1.82) is 0 Å². The first kappa shape index (κ1) is 10.7. The quantitative estimate of drug-likeness (QED) is 0.830. The van der Waals surface area contributed by atoms with Crippen LogP contribution in [0.1, 0.15) is 5.56 Å².